The van der Waals surface area contributed by atoms with Gasteiger partial charge < -0.3 is 19.5 Å². The van der Waals surface area contributed by atoms with Crippen molar-refractivity contribution in [3.8, 4) is 11.5 Å². The number of benzene rings is 1. The standard InChI is InChI=1S/C17H17NO4S/c1-21-12-6-5-11(14(8-12)22-2)9-18-10-13(19)16(17(18)20)15-4-3-7-23-15/h3-8,19H,9-10H2,1-2H3. The van der Waals surface area contributed by atoms with Crippen LogP contribution in [0.5, 0.6) is 11.5 Å². The number of rotatable bonds is 5. The number of carbonyl (C=O) groups excluding carboxylic acids is 1. The number of methoxy groups -OCH3 is 2. The summed E-state index contributed by atoms with van der Waals surface area (Å²) >= 11 is 1.44. The van der Waals surface area contributed by atoms with Crippen LogP contribution in [0.2, 0.25) is 0 Å². The predicted octanol–water partition coefficient (Wildman–Crippen LogP) is 3.08. The highest BCUT2D eigenvalue weighted by molar-refractivity contribution is 7.11. The summed E-state index contributed by atoms with van der Waals surface area (Å²) in [4.78, 5) is 15.0. The topological polar surface area (TPSA) is 59.0 Å². The van der Waals surface area contributed by atoms with Gasteiger partial charge in [-0.05, 0) is 23.6 Å². The van der Waals surface area contributed by atoms with Crippen LogP contribution < -0.4 is 9.47 Å². The Morgan fingerprint density at radius 3 is 2.74 bits per heavy atom. The van der Waals surface area contributed by atoms with Crippen LogP contribution in [-0.4, -0.2) is 36.7 Å². The summed E-state index contributed by atoms with van der Waals surface area (Å²) in [6, 6.07) is 9.18. The Morgan fingerprint density at radius 2 is 2.09 bits per heavy atom. The van der Waals surface area contributed by atoms with E-state index in [-0.39, 0.29) is 18.2 Å². The number of aliphatic hydroxyl groups is 1. The summed E-state index contributed by atoms with van der Waals surface area (Å²) in [5.74, 6) is 1.30. The molecule has 0 saturated heterocycles. The summed E-state index contributed by atoms with van der Waals surface area (Å²) in [5.41, 5.74) is 1.26. The van der Waals surface area contributed by atoms with E-state index in [4.69, 9.17) is 9.47 Å². The fourth-order valence-electron chi connectivity index (χ4n) is 2.60. The van der Waals surface area contributed by atoms with Crippen LogP contribution in [0.4, 0.5) is 0 Å². The maximum atomic E-state index is 12.6. The zero-order chi connectivity index (χ0) is 16.4. The van der Waals surface area contributed by atoms with Crippen LogP contribution in [-0.2, 0) is 11.3 Å². The summed E-state index contributed by atoms with van der Waals surface area (Å²) in [5, 5.41) is 12.0. The first kappa shape index (κ1) is 15.4. The molecule has 1 aromatic carbocycles. The summed E-state index contributed by atoms with van der Waals surface area (Å²) in [6.07, 6.45) is 0. The first-order valence-electron chi connectivity index (χ1n) is 7.10. The van der Waals surface area contributed by atoms with E-state index in [9.17, 15) is 9.90 Å². The minimum absolute atomic E-state index is 0.116. The van der Waals surface area contributed by atoms with Crippen molar-refractivity contribution in [2.75, 3.05) is 20.8 Å². The molecule has 0 atom stereocenters. The fourth-order valence-corrected chi connectivity index (χ4v) is 3.38. The highest BCUT2D eigenvalue weighted by Crippen LogP contribution is 2.32. The third-order valence-corrected chi connectivity index (χ3v) is 4.64. The van der Waals surface area contributed by atoms with Crippen molar-refractivity contribution in [1.82, 2.24) is 4.90 Å². The molecule has 23 heavy (non-hydrogen) atoms. The number of nitrogens with zero attached hydrogens (tertiary/aromatic N) is 1. The zero-order valence-corrected chi connectivity index (χ0v) is 13.7. The van der Waals surface area contributed by atoms with Gasteiger partial charge in [0.25, 0.3) is 5.91 Å². The van der Waals surface area contributed by atoms with Gasteiger partial charge in [0.1, 0.15) is 17.3 Å². The van der Waals surface area contributed by atoms with Gasteiger partial charge in [-0.15, -0.1) is 11.3 Å². The van der Waals surface area contributed by atoms with Crippen LogP contribution in [0.1, 0.15) is 10.4 Å². The zero-order valence-electron chi connectivity index (χ0n) is 12.9. The predicted molar refractivity (Wildman–Crippen MR) is 88.8 cm³/mol. The third-order valence-electron chi connectivity index (χ3n) is 3.75. The van der Waals surface area contributed by atoms with Crippen molar-refractivity contribution < 1.29 is 19.4 Å². The van der Waals surface area contributed by atoms with E-state index in [2.05, 4.69) is 0 Å². The van der Waals surface area contributed by atoms with Gasteiger partial charge in [-0.25, -0.2) is 0 Å². The van der Waals surface area contributed by atoms with Crippen molar-refractivity contribution in [3.63, 3.8) is 0 Å². The second-order valence-corrected chi connectivity index (χ2v) is 6.09. The molecule has 3 rings (SSSR count). The quantitative estimate of drug-likeness (QED) is 0.915. The monoisotopic (exact) mass is 331 g/mol. The Bertz CT molecular complexity index is 752. The van der Waals surface area contributed by atoms with E-state index in [1.807, 2.05) is 29.6 Å². The molecule has 1 aliphatic rings. The molecule has 1 amide bonds. The maximum Gasteiger partial charge on any atom is 0.259 e. The van der Waals surface area contributed by atoms with Crippen molar-refractivity contribution in [3.05, 3.63) is 51.9 Å². The molecule has 120 valence electrons. The molecule has 1 aliphatic heterocycles. The van der Waals surface area contributed by atoms with E-state index in [0.29, 0.717) is 23.6 Å². The van der Waals surface area contributed by atoms with Gasteiger partial charge in [0.2, 0.25) is 0 Å². The summed E-state index contributed by atoms with van der Waals surface area (Å²) in [7, 11) is 3.17. The van der Waals surface area contributed by atoms with Gasteiger partial charge in [-0.1, -0.05) is 6.07 Å². The van der Waals surface area contributed by atoms with E-state index in [0.717, 1.165) is 10.4 Å². The molecular formula is C17H17NO4S. The van der Waals surface area contributed by atoms with Crippen LogP contribution in [0.15, 0.2) is 41.5 Å². The molecule has 1 N–H and O–H groups in total. The van der Waals surface area contributed by atoms with Crippen LogP contribution in [0, 0.1) is 0 Å². The highest BCUT2D eigenvalue weighted by Gasteiger charge is 2.32. The lowest BCUT2D eigenvalue weighted by Crippen LogP contribution is -2.26. The number of thiophene rings is 1. The lowest BCUT2D eigenvalue weighted by Gasteiger charge is -2.18. The van der Waals surface area contributed by atoms with Crippen LogP contribution in [0.25, 0.3) is 5.57 Å². The molecule has 0 bridgehead atoms. The number of carbonyl (C=O) groups is 1. The normalized spacial score (nSPS) is 14.5. The van der Waals surface area contributed by atoms with Gasteiger partial charge in [0, 0.05) is 16.5 Å². The van der Waals surface area contributed by atoms with Gasteiger partial charge in [-0.2, -0.15) is 0 Å². The Labute approximate surface area is 138 Å². The Kier molecular flexibility index (Phi) is 4.25. The average molecular weight is 331 g/mol. The van der Waals surface area contributed by atoms with Crippen molar-refractivity contribution in [1.29, 1.82) is 0 Å². The first-order valence-corrected chi connectivity index (χ1v) is 7.98. The highest BCUT2D eigenvalue weighted by atomic mass is 32.1. The minimum Gasteiger partial charge on any atom is -0.510 e. The molecule has 2 heterocycles. The van der Waals surface area contributed by atoms with Gasteiger partial charge in [-0.3, -0.25) is 4.79 Å². The number of amides is 1. The van der Waals surface area contributed by atoms with Crippen molar-refractivity contribution in [2.24, 2.45) is 0 Å². The number of hydrogen-bond donors (Lipinski definition) is 1. The molecule has 0 fully saturated rings. The fraction of sp³-hybridized carbons (Fsp3) is 0.235. The number of hydrogen-bond acceptors (Lipinski definition) is 5. The second-order valence-electron chi connectivity index (χ2n) is 5.14. The Balaban J connectivity index is 1.82. The van der Waals surface area contributed by atoms with Crippen LogP contribution >= 0.6 is 11.3 Å². The van der Waals surface area contributed by atoms with E-state index < -0.39 is 0 Å². The van der Waals surface area contributed by atoms with Gasteiger partial charge in [0.15, 0.2) is 0 Å². The van der Waals surface area contributed by atoms with Gasteiger partial charge >= 0.3 is 0 Å². The Hall–Kier alpha value is -2.47. The van der Waals surface area contributed by atoms with Gasteiger partial charge in [0.05, 0.1) is 32.9 Å². The van der Waals surface area contributed by atoms with E-state index in [1.165, 1.54) is 11.3 Å². The second kappa shape index (κ2) is 6.34. The summed E-state index contributed by atoms with van der Waals surface area (Å²) in [6.45, 7) is 0.576. The molecule has 5 nitrogen and oxygen atoms in total. The van der Waals surface area contributed by atoms with Crippen LogP contribution in [0.3, 0.4) is 0 Å². The SMILES string of the molecule is COc1ccc(CN2CC(O)=C(c3cccs3)C2=O)c(OC)c1. The summed E-state index contributed by atoms with van der Waals surface area (Å²) < 4.78 is 10.5. The molecule has 1 aromatic heterocycles. The van der Waals surface area contributed by atoms with Crippen molar-refractivity contribution in [2.45, 2.75) is 6.54 Å². The molecule has 2 aromatic rings. The van der Waals surface area contributed by atoms with Crippen molar-refractivity contribution >= 4 is 22.8 Å². The minimum atomic E-state index is -0.164. The average Bonchev–Trinajstić information content (AvgIpc) is 3.16. The first-order chi connectivity index (χ1) is 11.1. The lowest BCUT2D eigenvalue weighted by atomic mass is 10.1. The lowest BCUT2D eigenvalue weighted by molar-refractivity contribution is -0.124. The number of ether oxygens (including phenoxy) is 2. The maximum absolute atomic E-state index is 12.6. The largest absolute Gasteiger partial charge is 0.510 e. The molecule has 0 spiro atoms. The molecule has 0 aliphatic carbocycles. The molecule has 0 radical (unpaired) electrons. The molecule has 6 heteroatoms. The molecular weight excluding hydrogens is 314 g/mol. The number of aliphatic hydroxyl groups excluding tert-OH is 1. The third kappa shape index (κ3) is 2.90. The van der Waals surface area contributed by atoms with E-state index in [1.54, 1.807) is 25.2 Å². The molecule has 0 saturated carbocycles. The molecule has 0 unspecified atom stereocenters. The van der Waals surface area contributed by atoms with E-state index >= 15 is 0 Å². The smallest absolute Gasteiger partial charge is 0.259 e. The Morgan fingerprint density at radius 1 is 1.26 bits per heavy atom.